The first-order chi connectivity index (χ1) is 15.0. The molecular weight excluding hydrogens is 380 g/mol. The predicted octanol–water partition coefficient (Wildman–Crippen LogP) is 7.01. The lowest BCUT2D eigenvalue weighted by Crippen LogP contribution is -2.03. The highest BCUT2D eigenvalue weighted by atomic mass is 16.6. The summed E-state index contributed by atoms with van der Waals surface area (Å²) in [6.45, 7) is 8.81. The van der Waals surface area contributed by atoms with E-state index in [1.165, 1.54) is 16.7 Å². The van der Waals surface area contributed by atoms with Crippen molar-refractivity contribution in [1.29, 1.82) is 0 Å². The highest BCUT2D eigenvalue weighted by Gasteiger charge is 2.17. The highest BCUT2D eigenvalue weighted by Crippen LogP contribution is 2.30. The van der Waals surface area contributed by atoms with E-state index in [1.807, 2.05) is 13.0 Å². The van der Waals surface area contributed by atoms with Crippen LogP contribution in [0.2, 0.25) is 0 Å². The van der Waals surface area contributed by atoms with Crippen molar-refractivity contribution in [2.75, 3.05) is 0 Å². The van der Waals surface area contributed by atoms with E-state index in [2.05, 4.69) is 109 Å². The molecule has 1 aromatic heterocycles. The Kier molecular flexibility index (Phi) is 6.03. The lowest BCUT2D eigenvalue weighted by Gasteiger charge is -2.13. The maximum absolute atomic E-state index is 5.69. The van der Waals surface area contributed by atoms with Crippen molar-refractivity contribution in [3.8, 4) is 16.9 Å². The molecule has 0 spiro atoms. The molecule has 3 heteroatoms. The third-order valence-corrected chi connectivity index (χ3v) is 5.52. The number of hydrogen-bond acceptors (Lipinski definition) is 2. The molecule has 31 heavy (non-hydrogen) atoms. The van der Waals surface area contributed by atoms with Gasteiger partial charge in [-0.25, -0.2) is 0 Å². The number of hydrogen-bond donors (Lipinski definition) is 0. The van der Waals surface area contributed by atoms with E-state index < -0.39 is 0 Å². The normalized spacial score (nSPS) is 11.5. The number of aromatic nitrogens is 1. The van der Waals surface area contributed by atoms with Crippen molar-refractivity contribution in [2.24, 2.45) is 5.16 Å². The summed E-state index contributed by atoms with van der Waals surface area (Å²) in [4.78, 5) is 5.69. The smallest absolute Gasteiger partial charge is 0.142 e. The van der Waals surface area contributed by atoms with Crippen molar-refractivity contribution >= 4 is 5.71 Å². The summed E-state index contributed by atoms with van der Waals surface area (Å²) < 4.78 is 2.30. The molecule has 3 aromatic carbocycles. The van der Waals surface area contributed by atoms with Gasteiger partial charge in [0.25, 0.3) is 0 Å². The van der Waals surface area contributed by atoms with Gasteiger partial charge >= 0.3 is 0 Å². The Hall–Kier alpha value is -3.59. The Balaban J connectivity index is 1.70. The van der Waals surface area contributed by atoms with Gasteiger partial charge in [-0.3, -0.25) is 0 Å². The van der Waals surface area contributed by atoms with Crippen molar-refractivity contribution in [3.05, 3.63) is 113 Å². The summed E-state index contributed by atoms with van der Waals surface area (Å²) in [6, 6.07) is 29.6. The fourth-order valence-electron chi connectivity index (χ4n) is 3.83. The van der Waals surface area contributed by atoms with Crippen LogP contribution in [0.25, 0.3) is 16.9 Å². The molecule has 0 unspecified atom stereocenters. The second-order valence-corrected chi connectivity index (χ2v) is 8.00. The van der Waals surface area contributed by atoms with Crippen LogP contribution < -0.4 is 0 Å². The molecule has 0 aliphatic carbocycles. The number of aryl methyl sites for hydroxylation is 2. The second kappa shape index (κ2) is 9.05. The largest absolute Gasteiger partial charge is 0.391 e. The molecule has 4 aromatic rings. The average Bonchev–Trinajstić information content (AvgIpc) is 3.13. The third-order valence-electron chi connectivity index (χ3n) is 5.52. The Morgan fingerprint density at radius 2 is 1.55 bits per heavy atom. The first-order valence-electron chi connectivity index (χ1n) is 10.6. The summed E-state index contributed by atoms with van der Waals surface area (Å²) in [5.41, 5.74) is 10.2. The molecule has 0 radical (unpaired) electrons. The zero-order valence-electron chi connectivity index (χ0n) is 18.6. The molecule has 0 aliphatic rings. The van der Waals surface area contributed by atoms with Gasteiger partial charge in [-0.2, -0.15) is 0 Å². The van der Waals surface area contributed by atoms with Gasteiger partial charge in [0.05, 0.1) is 11.4 Å². The van der Waals surface area contributed by atoms with Crippen LogP contribution in [0.3, 0.4) is 0 Å². The van der Waals surface area contributed by atoms with Gasteiger partial charge in [0.1, 0.15) is 6.61 Å². The quantitative estimate of drug-likeness (QED) is 0.249. The van der Waals surface area contributed by atoms with E-state index >= 15 is 0 Å². The number of nitrogens with zero attached hydrogens (tertiary/aromatic N) is 2. The Bertz CT molecular complexity index is 1200. The fraction of sp³-hybridized carbons (Fsp3) is 0.179. The SMILES string of the molecule is C/C(=N/OCc1ccc(C)cc1)c1cc(-c2ccccc2)n(-c2cccc(C)c2)c1C. The van der Waals surface area contributed by atoms with Crippen LogP contribution in [-0.2, 0) is 11.4 Å². The van der Waals surface area contributed by atoms with Crippen molar-refractivity contribution in [2.45, 2.75) is 34.3 Å². The molecule has 0 saturated carbocycles. The molecule has 0 N–H and O–H groups in total. The van der Waals surface area contributed by atoms with E-state index in [0.717, 1.165) is 33.9 Å². The fourth-order valence-corrected chi connectivity index (χ4v) is 3.83. The first kappa shape index (κ1) is 20.7. The molecule has 0 bridgehead atoms. The van der Waals surface area contributed by atoms with Gasteiger partial charge in [0.15, 0.2) is 0 Å². The number of benzene rings is 3. The molecule has 4 rings (SSSR count). The molecule has 0 aliphatic heterocycles. The van der Waals surface area contributed by atoms with Gasteiger partial charge < -0.3 is 9.40 Å². The minimum Gasteiger partial charge on any atom is -0.391 e. The lowest BCUT2D eigenvalue weighted by molar-refractivity contribution is 0.130. The molecule has 0 amide bonds. The minimum absolute atomic E-state index is 0.459. The van der Waals surface area contributed by atoms with Crippen LogP contribution in [0.5, 0.6) is 0 Å². The van der Waals surface area contributed by atoms with E-state index in [0.29, 0.717) is 6.61 Å². The van der Waals surface area contributed by atoms with Gasteiger partial charge in [-0.05, 0) is 62.6 Å². The Morgan fingerprint density at radius 3 is 2.26 bits per heavy atom. The molecule has 0 fully saturated rings. The van der Waals surface area contributed by atoms with E-state index in [1.54, 1.807) is 0 Å². The topological polar surface area (TPSA) is 26.5 Å². The predicted molar refractivity (Wildman–Crippen MR) is 129 cm³/mol. The maximum atomic E-state index is 5.69. The molecule has 156 valence electrons. The Labute approximate surface area is 184 Å². The summed E-state index contributed by atoms with van der Waals surface area (Å²) in [7, 11) is 0. The molecule has 0 saturated heterocycles. The van der Waals surface area contributed by atoms with Gasteiger partial charge in [-0.15, -0.1) is 0 Å². The summed E-state index contributed by atoms with van der Waals surface area (Å²) in [5, 5.41) is 4.44. The highest BCUT2D eigenvalue weighted by molar-refractivity contribution is 6.01. The number of rotatable bonds is 6. The van der Waals surface area contributed by atoms with Crippen LogP contribution in [0.1, 0.15) is 34.9 Å². The zero-order valence-corrected chi connectivity index (χ0v) is 18.6. The molecular formula is C28H28N2O. The molecule has 1 heterocycles. The van der Waals surface area contributed by atoms with Crippen LogP contribution in [0.4, 0.5) is 0 Å². The zero-order chi connectivity index (χ0) is 21.8. The molecule has 0 atom stereocenters. The summed E-state index contributed by atoms with van der Waals surface area (Å²) >= 11 is 0. The number of oxime groups is 1. The first-order valence-corrected chi connectivity index (χ1v) is 10.6. The maximum Gasteiger partial charge on any atom is 0.142 e. The molecule has 3 nitrogen and oxygen atoms in total. The van der Waals surface area contributed by atoms with Crippen LogP contribution >= 0.6 is 0 Å². The van der Waals surface area contributed by atoms with Crippen molar-refractivity contribution in [1.82, 2.24) is 4.57 Å². The van der Waals surface area contributed by atoms with Crippen molar-refractivity contribution < 1.29 is 4.84 Å². The van der Waals surface area contributed by atoms with Crippen LogP contribution in [0.15, 0.2) is 90.1 Å². The second-order valence-electron chi connectivity index (χ2n) is 8.00. The van der Waals surface area contributed by atoms with E-state index in [-0.39, 0.29) is 0 Å². The van der Waals surface area contributed by atoms with Crippen molar-refractivity contribution in [3.63, 3.8) is 0 Å². The lowest BCUT2D eigenvalue weighted by atomic mass is 10.1. The summed E-state index contributed by atoms with van der Waals surface area (Å²) in [6.07, 6.45) is 0. The van der Waals surface area contributed by atoms with E-state index in [4.69, 9.17) is 4.84 Å². The standard InChI is InChI=1S/C28H28N2O/c1-20-13-15-24(16-14-20)19-31-29-22(3)27-18-28(25-10-6-5-7-11-25)30(23(27)4)26-12-8-9-21(2)17-26/h5-18H,19H2,1-4H3/b29-22-. The van der Waals surface area contributed by atoms with Gasteiger partial charge in [0.2, 0.25) is 0 Å². The van der Waals surface area contributed by atoms with Gasteiger partial charge in [0, 0.05) is 16.9 Å². The monoisotopic (exact) mass is 408 g/mol. The summed E-state index contributed by atoms with van der Waals surface area (Å²) in [5.74, 6) is 0. The van der Waals surface area contributed by atoms with Crippen LogP contribution in [0, 0.1) is 20.8 Å². The van der Waals surface area contributed by atoms with E-state index in [9.17, 15) is 0 Å². The van der Waals surface area contributed by atoms with Gasteiger partial charge in [-0.1, -0.05) is 77.4 Å². The minimum atomic E-state index is 0.459. The third kappa shape index (κ3) is 4.61. The van der Waals surface area contributed by atoms with Crippen LogP contribution in [-0.4, -0.2) is 10.3 Å². The Morgan fingerprint density at radius 1 is 0.806 bits per heavy atom. The average molecular weight is 409 g/mol.